The first-order valence-corrected chi connectivity index (χ1v) is 13.3. The fourth-order valence-electron chi connectivity index (χ4n) is 5.69. The zero-order valence-corrected chi connectivity index (χ0v) is 21.1. The van der Waals surface area contributed by atoms with Gasteiger partial charge in [-0.1, -0.05) is 12.1 Å². The molecule has 1 aromatic heterocycles. The van der Waals surface area contributed by atoms with Gasteiger partial charge in [0, 0.05) is 50.0 Å². The second-order valence-electron chi connectivity index (χ2n) is 11.5. The van der Waals surface area contributed by atoms with Crippen molar-refractivity contribution in [3.05, 3.63) is 11.7 Å². The Morgan fingerprint density at radius 1 is 1.14 bits per heavy atom. The number of nitrogens with zero attached hydrogens (tertiary/aromatic N) is 4. The summed E-state index contributed by atoms with van der Waals surface area (Å²) in [6, 6.07) is -1.33. The lowest BCUT2D eigenvalue weighted by Gasteiger charge is -2.42. The highest BCUT2D eigenvalue weighted by Gasteiger charge is 2.50. The summed E-state index contributed by atoms with van der Waals surface area (Å²) in [5, 5.41) is 6.89. The Bertz CT molecular complexity index is 897. The molecule has 0 aromatic carbocycles. The van der Waals surface area contributed by atoms with Crippen molar-refractivity contribution in [1.29, 1.82) is 0 Å². The molecule has 5 rings (SSSR count). The first-order valence-electron chi connectivity index (χ1n) is 13.3. The summed E-state index contributed by atoms with van der Waals surface area (Å²) in [7, 11) is 0. The molecule has 2 aliphatic carbocycles. The maximum Gasteiger partial charge on any atom is 0.317 e. The molecule has 3 heterocycles. The van der Waals surface area contributed by atoms with Gasteiger partial charge in [0.1, 0.15) is 6.04 Å². The van der Waals surface area contributed by atoms with Crippen LogP contribution in [0.5, 0.6) is 0 Å². The number of aromatic nitrogens is 2. The molecule has 10 heteroatoms. The highest BCUT2D eigenvalue weighted by Crippen LogP contribution is 2.41. The van der Waals surface area contributed by atoms with Crippen LogP contribution in [0.3, 0.4) is 0 Å². The SMILES string of the molecule is CC(C)N1CC[C@H](O[C@H]2CCCC(F)(F)[C@@H]2NC(=O)N2CCC(C)(c3noc(C4CC4)n3)CC2)C1. The number of carbonyl (C=O) groups excluding carboxylic acids is 1. The Kier molecular flexibility index (Phi) is 6.80. The van der Waals surface area contributed by atoms with Crippen LogP contribution in [0.25, 0.3) is 0 Å². The summed E-state index contributed by atoms with van der Waals surface area (Å²) in [6.07, 6.45) is 4.34. The van der Waals surface area contributed by atoms with E-state index in [1.54, 1.807) is 4.90 Å². The minimum absolute atomic E-state index is 0.0677. The molecule has 0 radical (unpaired) electrons. The second kappa shape index (κ2) is 9.57. The van der Waals surface area contributed by atoms with E-state index in [0.717, 1.165) is 32.4 Å². The maximum absolute atomic E-state index is 15.0. The quantitative estimate of drug-likeness (QED) is 0.641. The highest BCUT2D eigenvalue weighted by atomic mass is 19.3. The molecule has 0 spiro atoms. The third-order valence-corrected chi connectivity index (χ3v) is 8.44. The topological polar surface area (TPSA) is 83.7 Å². The smallest absolute Gasteiger partial charge is 0.317 e. The second-order valence-corrected chi connectivity index (χ2v) is 11.5. The number of piperidine rings is 1. The number of alkyl halides is 2. The predicted molar refractivity (Wildman–Crippen MR) is 126 cm³/mol. The number of halogens is 2. The van der Waals surface area contributed by atoms with Crippen molar-refractivity contribution in [3.63, 3.8) is 0 Å². The first-order chi connectivity index (χ1) is 16.6. The molecule has 1 aromatic rings. The summed E-state index contributed by atoms with van der Waals surface area (Å²) in [5.41, 5.74) is -0.279. The highest BCUT2D eigenvalue weighted by molar-refractivity contribution is 5.75. The lowest BCUT2D eigenvalue weighted by atomic mass is 9.79. The fraction of sp³-hybridized carbons (Fsp3) is 0.880. The van der Waals surface area contributed by atoms with Crippen molar-refractivity contribution in [1.82, 2.24) is 25.3 Å². The Labute approximate surface area is 206 Å². The van der Waals surface area contributed by atoms with E-state index in [1.165, 1.54) is 0 Å². The zero-order valence-electron chi connectivity index (χ0n) is 21.1. The van der Waals surface area contributed by atoms with Crippen LogP contribution in [0.2, 0.25) is 0 Å². The Morgan fingerprint density at radius 3 is 2.54 bits per heavy atom. The zero-order chi connectivity index (χ0) is 24.8. The van der Waals surface area contributed by atoms with Crippen molar-refractivity contribution < 1.29 is 22.8 Å². The number of likely N-dealkylation sites (tertiary alicyclic amines) is 2. The number of rotatable bonds is 6. The van der Waals surface area contributed by atoms with Gasteiger partial charge in [-0.3, -0.25) is 4.90 Å². The third-order valence-electron chi connectivity index (χ3n) is 8.44. The number of carbonyl (C=O) groups is 1. The van der Waals surface area contributed by atoms with Gasteiger partial charge in [-0.15, -0.1) is 0 Å². The molecule has 4 fully saturated rings. The summed E-state index contributed by atoms with van der Waals surface area (Å²) < 4.78 is 41.6. The average Bonchev–Trinajstić information content (AvgIpc) is 3.33. The first kappa shape index (κ1) is 24.9. The molecular weight excluding hydrogens is 456 g/mol. The number of hydrogen-bond donors (Lipinski definition) is 1. The third kappa shape index (κ3) is 5.33. The van der Waals surface area contributed by atoms with E-state index in [9.17, 15) is 13.6 Å². The molecule has 2 saturated heterocycles. The Hall–Kier alpha value is -1.81. The summed E-state index contributed by atoms with van der Waals surface area (Å²) in [5.74, 6) is -1.18. The average molecular weight is 496 g/mol. The lowest BCUT2D eigenvalue weighted by molar-refractivity contribution is -0.138. The van der Waals surface area contributed by atoms with Gasteiger partial charge in [0.05, 0.1) is 12.2 Å². The summed E-state index contributed by atoms with van der Waals surface area (Å²) in [4.78, 5) is 21.7. The van der Waals surface area contributed by atoms with Gasteiger partial charge in [0.2, 0.25) is 5.89 Å². The molecule has 35 heavy (non-hydrogen) atoms. The van der Waals surface area contributed by atoms with Crippen molar-refractivity contribution in [2.24, 2.45) is 0 Å². The Balaban J connectivity index is 1.18. The minimum atomic E-state index is -2.98. The van der Waals surface area contributed by atoms with Gasteiger partial charge in [-0.05, 0) is 58.8 Å². The number of hydrogen-bond acceptors (Lipinski definition) is 6. The number of ether oxygens (including phenoxy) is 1. The van der Waals surface area contributed by atoms with Crippen LogP contribution in [0.4, 0.5) is 13.6 Å². The monoisotopic (exact) mass is 495 g/mol. The van der Waals surface area contributed by atoms with Crippen LogP contribution in [0.1, 0.15) is 89.8 Å². The molecule has 3 atom stereocenters. The Morgan fingerprint density at radius 2 is 1.89 bits per heavy atom. The molecule has 2 saturated carbocycles. The standard InChI is InChI=1S/C25H39F2N5O3/c1-16(2)32-12-8-18(15-32)34-19-5-4-9-25(26,27)20(19)28-23(33)31-13-10-24(3,11-14-31)22-29-21(35-30-22)17-6-7-17/h16-20H,4-15H2,1-3H3,(H,28,33)/t18-,19-,20+/m0/s1. The van der Waals surface area contributed by atoms with E-state index in [4.69, 9.17) is 9.26 Å². The number of amides is 2. The van der Waals surface area contributed by atoms with Gasteiger partial charge in [-0.2, -0.15) is 4.98 Å². The number of nitrogens with one attached hydrogen (secondary N) is 1. The van der Waals surface area contributed by atoms with Crippen molar-refractivity contribution in [2.45, 2.75) is 114 Å². The van der Waals surface area contributed by atoms with Gasteiger partial charge in [-0.25, -0.2) is 13.6 Å². The molecule has 1 N–H and O–H groups in total. The molecule has 4 aliphatic rings. The molecule has 2 aliphatic heterocycles. The normalized spacial score (nSPS) is 31.1. The van der Waals surface area contributed by atoms with Crippen molar-refractivity contribution in [3.8, 4) is 0 Å². The van der Waals surface area contributed by atoms with Gasteiger partial charge >= 0.3 is 6.03 Å². The van der Waals surface area contributed by atoms with Crippen molar-refractivity contribution in [2.75, 3.05) is 26.2 Å². The number of urea groups is 1. The van der Waals surface area contributed by atoms with Gasteiger partial charge in [0.25, 0.3) is 5.92 Å². The van der Waals surface area contributed by atoms with Gasteiger partial charge in [0.15, 0.2) is 5.82 Å². The van der Waals surface area contributed by atoms with E-state index in [0.29, 0.717) is 62.4 Å². The van der Waals surface area contributed by atoms with E-state index in [1.807, 2.05) is 0 Å². The summed E-state index contributed by atoms with van der Waals surface area (Å²) in [6.45, 7) is 8.95. The van der Waals surface area contributed by atoms with E-state index >= 15 is 0 Å². The van der Waals surface area contributed by atoms with E-state index < -0.39 is 24.1 Å². The lowest BCUT2D eigenvalue weighted by Crippen LogP contribution is -2.61. The van der Waals surface area contributed by atoms with Crippen LogP contribution < -0.4 is 5.32 Å². The molecular formula is C25H39F2N5O3. The van der Waals surface area contributed by atoms with Crippen LogP contribution >= 0.6 is 0 Å². The molecule has 8 nitrogen and oxygen atoms in total. The van der Waals surface area contributed by atoms with Crippen LogP contribution in [0.15, 0.2) is 4.52 Å². The fourth-order valence-corrected chi connectivity index (χ4v) is 5.69. The maximum atomic E-state index is 15.0. The predicted octanol–water partition coefficient (Wildman–Crippen LogP) is 4.07. The molecule has 2 amide bonds. The van der Waals surface area contributed by atoms with Gasteiger partial charge < -0.3 is 19.5 Å². The van der Waals surface area contributed by atoms with Crippen LogP contribution in [-0.4, -0.2) is 82.4 Å². The van der Waals surface area contributed by atoms with Crippen molar-refractivity contribution >= 4 is 6.03 Å². The molecule has 0 bridgehead atoms. The molecule has 196 valence electrons. The van der Waals surface area contributed by atoms with Crippen LogP contribution in [-0.2, 0) is 10.2 Å². The van der Waals surface area contributed by atoms with E-state index in [-0.39, 0.29) is 17.9 Å². The van der Waals surface area contributed by atoms with E-state index in [2.05, 4.69) is 41.1 Å². The van der Waals surface area contributed by atoms with Crippen LogP contribution in [0, 0.1) is 0 Å². The summed E-state index contributed by atoms with van der Waals surface area (Å²) >= 11 is 0. The molecule has 0 unspecified atom stereocenters. The minimum Gasteiger partial charge on any atom is -0.371 e. The largest absolute Gasteiger partial charge is 0.371 e.